The quantitative estimate of drug-likeness (QED) is 0.879. The predicted molar refractivity (Wildman–Crippen MR) is 66.0 cm³/mol. The highest BCUT2D eigenvalue weighted by molar-refractivity contribution is 5.59. The number of nitrogens with one attached hydrogen (secondary N) is 2. The van der Waals surface area contributed by atoms with Gasteiger partial charge in [0.05, 0.1) is 5.69 Å². The Kier molecular flexibility index (Phi) is 3.36. The van der Waals surface area contributed by atoms with E-state index in [1.165, 1.54) is 13.3 Å². The van der Waals surface area contributed by atoms with Crippen LogP contribution in [0.1, 0.15) is 5.56 Å². The topological polar surface area (TPSA) is 49.8 Å². The number of hydrogen-bond donors (Lipinski definition) is 2. The normalized spacial score (nSPS) is 10.2. The second kappa shape index (κ2) is 4.95. The largest absolute Gasteiger partial charge is 0.373 e. The highest BCUT2D eigenvalue weighted by Gasteiger charge is 2.08. The molecule has 0 spiro atoms. The van der Waals surface area contributed by atoms with E-state index in [0.29, 0.717) is 11.6 Å². The highest BCUT2D eigenvalue weighted by Crippen LogP contribution is 2.22. The summed E-state index contributed by atoms with van der Waals surface area (Å²) in [6, 6.07) is 3.83. The predicted octanol–water partition coefficient (Wildman–Crippen LogP) is 2.85. The van der Waals surface area contributed by atoms with Crippen molar-refractivity contribution in [3.05, 3.63) is 41.7 Å². The van der Waals surface area contributed by atoms with E-state index in [1.807, 2.05) is 0 Å². The molecule has 0 radical (unpaired) electrons. The van der Waals surface area contributed by atoms with Crippen molar-refractivity contribution in [1.29, 1.82) is 0 Å². The van der Waals surface area contributed by atoms with Gasteiger partial charge in [-0.15, -0.1) is 0 Å². The van der Waals surface area contributed by atoms with Crippen molar-refractivity contribution in [2.75, 3.05) is 17.7 Å². The minimum Gasteiger partial charge on any atom is -0.373 e. The van der Waals surface area contributed by atoms with Crippen LogP contribution in [0.15, 0.2) is 24.5 Å². The molecular weight excluding hydrogens is 238 g/mol. The molecule has 0 saturated carbocycles. The second-order valence-electron chi connectivity index (χ2n) is 3.74. The first-order chi connectivity index (χ1) is 8.60. The van der Waals surface area contributed by atoms with Crippen LogP contribution in [0, 0.1) is 18.6 Å². The summed E-state index contributed by atoms with van der Waals surface area (Å²) in [6.45, 7) is 1.51. The number of benzene rings is 1. The van der Waals surface area contributed by atoms with Crippen LogP contribution in [-0.4, -0.2) is 17.0 Å². The summed E-state index contributed by atoms with van der Waals surface area (Å²) in [5.41, 5.74) is 0.301. The molecule has 0 aliphatic heterocycles. The summed E-state index contributed by atoms with van der Waals surface area (Å²) in [4.78, 5) is 7.85. The molecule has 1 aromatic heterocycles. The Balaban J connectivity index is 2.30. The van der Waals surface area contributed by atoms with Crippen molar-refractivity contribution in [2.45, 2.75) is 6.92 Å². The molecule has 1 heterocycles. The molecule has 94 valence electrons. The molecule has 2 aromatic rings. The fourth-order valence-electron chi connectivity index (χ4n) is 1.44. The van der Waals surface area contributed by atoms with E-state index >= 15 is 0 Å². The Labute approximate surface area is 103 Å². The number of hydrogen-bond acceptors (Lipinski definition) is 4. The number of halogens is 2. The van der Waals surface area contributed by atoms with Crippen molar-refractivity contribution in [2.24, 2.45) is 0 Å². The SMILES string of the molecule is CNc1cc(Nc2cc(F)c(C)cc2F)ncn1. The van der Waals surface area contributed by atoms with Gasteiger partial charge in [-0.2, -0.15) is 0 Å². The minimum atomic E-state index is -0.529. The van der Waals surface area contributed by atoms with E-state index in [4.69, 9.17) is 0 Å². The second-order valence-corrected chi connectivity index (χ2v) is 3.74. The van der Waals surface area contributed by atoms with Crippen LogP contribution >= 0.6 is 0 Å². The van der Waals surface area contributed by atoms with E-state index in [1.54, 1.807) is 13.1 Å². The highest BCUT2D eigenvalue weighted by atomic mass is 19.1. The van der Waals surface area contributed by atoms with Crippen LogP contribution in [0.2, 0.25) is 0 Å². The maximum absolute atomic E-state index is 13.6. The fraction of sp³-hybridized carbons (Fsp3) is 0.167. The average Bonchev–Trinajstić information content (AvgIpc) is 2.36. The van der Waals surface area contributed by atoms with Gasteiger partial charge in [-0.1, -0.05) is 0 Å². The molecule has 0 saturated heterocycles. The lowest BCUT2D eigenvalue weighted by Crippen LogP contribution is -2.00. The number of aryl methyl sites for hydroxylation is 1. The van der Waals surface area contributed by atoms with Gasteiger partial charge < -0.3 is 10.6 Å². The fourth-order valence-corrected chi connectivity index (χ4v) is 1.44. The monoisotopic (exact) mass is 250 g/mol. The zero-order valence-corrected chi connectivity index (χ0v) is 9.96. The summed E-state index contributed by atoms with van der Waals surface area (Å²) in [6.07, 6.45) is 1.33. The van der Waals surface area contributed by atoms with Gasteiger partial charge in [0.2, 0.25) is 0 Å². The standard InChI is InChI=1S/C12H12F2N4/c1-7-3-9(14)10(4-8(7)13)18-12-5-11(15-2)16-6-17-12/h3-6H,1-2H3,(H2,15,16,17,18). The Morgan fingerprint density at radius 3 is 2.44 bits per heavy atom. The van der Waals surface area contributed by atoms with Crippen molar-refractivity contribution in [1.82, 2.24) is 9.97 Å². The van der Waals surface area contributed by atoms with Gasteiger partial charge in [-0.25, -0.2) is 18.7 Å². The Morgan fingerprint density at radius 2 is 1.72 bits per heavy atom. The minimum absolute atomic E-state index is 0.0406. The lowest BCUT2D eigenvalue weighted by molar-refractivity contribution is 0.595. The van der Waals surface area contributed by atoms with E-state index in [2.05, 4.69) is 20.6 Å². The molecule has 0 atom stereocenters. The molecule has 0 aliphatic rings. The summed E-state index contributed by atoms with van der Waals surface area (Å²) in [5, 5.41) is 5.54. The van der Waals surface area contributed by atoms with Gasteiger partial charge in [0.25, 0.3) is 0 Å². The Morgan fingerprint density at radius 1 is 1.00 bits per heavy atom. The van der Waals surface area contributed by atoms with Crippen molar-refractivity contribution in [3.8, 4) is 0 Å². The molecule has 4 nitrogen and oxygen atoms in total. The maximum atomic E-state index is 13.6. The molecule has 6 heteroatoms. The summed E-state index contributed by atoms with van der Waals surface area (Å²) < 4.78 is 27.0. The molecule has 0 amide bonds. The number of anilines is 3. The zero-order chi connectivity index (χ0) is 13.1. The Hall–Kier alpha value is -2.24. The van der Waals surface area contributed by atoms with Crippen LogP contribution in [0.4, 0.5) is 26.1 Å². The number of rotatable bonds is 3. The lowest BCUT2D eigenvalue weighted by atomic mass is 10.2. The van der Waals surface area contributed by atoms with Gasteiger partial charge in [-0.3, -0.25) is 0 Å². The molecular formula is C12H12F2N4. The maximum Gasteiger partial charge on any atom is 0.147 e. The van der Waals surface area contributed by atoms with Crippen LogP contribution in [0.5, 0.6) is 0 Å². The van der Waals surface area contributed by atoms with Crippen molar-refractivity contribution >= 4 is 17.3 Å². The average molecular weight is 250 g/mol. The third-order valence-electron chi connectivity index (χ3n) is 2.43. The smallest absolute Gasteiger partial charge is 0.147 e. The first kappa shape index (κ1) is 12.2. The Bertz CT molecular complexity index is 572. The summed E-state index contributed by atoms with van der Waals surface area (Å²) >= 11 is 0. The van der Waals surface area contributed by atoms with Gasteiger partial charge in [0.1, 0.15) is 29.6 Å². The zero-order valence-electron chi connectivity index (χ0n) is 9.96. The summed E-state index contributed by atoms with van der Waals surface area (Å²) in [5.74, 6) is -0.0303. The van der Waals surface area contributed by atoms with Crippen molar-refractivity contribution in [3.63, 3.8) is 0 Å². The summed E-state index contributed by atoms with van der Waals surface area (Å²) in [7, 11) is 1.71. The van der Waals surface area contributed by atoms with E-state index in [-0.39, 0.29) is 11.3 Å². The molecule has 0 aliphatic carbocycles. The third-order valence-corrected chi connectivity index (χ3v) is 2.43. The van der Waals surface area contributed by atoms with Crippen LogP contribution in [-0.2, 0) is 0 Å². The molecule has 0 unspecified atom stereocenters. The molecule has 0 bridgehead atoms. The molecule has 2 N–H and O–H groups in total. The molecule has 18 heavy (non-hydrogen) atoms. The third kappa shape index (κ3) is 2.53. The first-order valence-corrected chi connectivity index (χ1v) is 5.32. The van der Waals surface area contributed by atoms with Crippen molar-refractivity contribution < 1.29 is 8.78 Å². The van der Waals surface area contributed by atoms with E-state index in [9.17, 15) is 8.78 Å². The van der Waals surface area contributed by atoms with Gasteiger partial charge in [0.15, 0.2) is 0 Å². The number of nitrogens with zero attached hydrogens (tertiary/aromatic N) is 2. The van der Waals surface area contributed by atoms with Gasteiger partial charge in [-0.05, 0) is 18.6 Å². The molecule has 0 fully saturated rings. The van der Waals surface area contributed by atoms with Gasteiger partial charge >= 0.3 is 0 Å². The van der Waals surface area contributed by atoms with Gasteiger partial charge in [0, 0.05) is 19.2 Å². The van der Waals surface area contributed by atoms with Crippen LogP contribution < -0.4 is 10.6 Å². The van der Waals surface area contributed by atoms with Crippen LogP contribution in [0.3, 0.4) is 0 Å². The lowest BCUT2D eigenvalue weighted by Gasteiger charge is -2.09. The molecule has 1 aromatic carbocycles. The van der Waals surface area contributed by atoms with E-state index < -0.39 is 11.6 Å². The molecule has 2 rings (SSSR count). The van der Waals surface area contributed by atoms with E-state index in [0.717, 1.165) is 12.1 Å². The van der Waals surface area contributed by atoms with Crippen LogP contribution in [0.25, 0.3) is 0 Å². The number of aromatic nitrogens is 2. The first-order valence-electron chi connectivity index (χ1n) is 5.32.